The molecule has 0 saturated heterocycles. The molecule has 6 heteroatoms. The smallest absolute Gasteiger partial charge is 0.410 e. The van der Waals surface area contributed by atoms with Crippen LogP contribution in [-0.4, -0.2) is 17.3 Å². The first-order valence-electron chi connectivity index (χ1n) is 4.22. The normalized spacial score (nSPS) is 30.1. The Kier molecular flexibility index (Phi) is 2.59. The van der Waals surface area contributed by atoms with E-state index in [1.54, 1.807) is 13.8 Å². The van der Waals surface area contributed by atoms with Crippen LogP contribution in [0.1, 0.15) is 20.3 Å². The number of hydrogen-bond acceptors (Lipinski definition) is 1. The number of hydrogen-bond donors (Lipinski definition) is 1. The molecule has 1 saturated carbocycles. The Bertz CT molecular complexity index is 333. The number of aliphatic carboxylic acids is 1. The zero-order valence-corrected chi connectivity index (χ0v) is 8.91. The summed E-state index contributed by atoms with van der Waals surface area (Å²) in [5.74, 6) is -1.31. The van der Waals surface area contributed by atoms with Gasteiger partial charge in [0.15, 0.2) is 0 Å². The molecule has 0 radical (unpaired) electrons. The molecule has 0 aliphatic heterocycles. The Balaban J connectivity index is 3.07. The average Bonchev–Trinajstić information content (AvgIpc) is 2.51. The van der Waals surface area contributed by atoms with Gasteiger partial charge in [-0.3, -0.25) is 4.79 Å². The summed E-state index contributed by atoms with van der Waals surface area (Å²) < 4.78 is 36.1. The first kappa shape index (κ1) is 12.4. The third-order valence-electron chi connectivity index (χ3n) is 2.80. The second kappa shape index (κ2) is 3.14. The molecule has 0 amide bonds. The Morgan fingerprint density at radius 1 is 1.47 bits per heavy atom. The van der Waals surface area contributed by atoms with Crippen molar-refractivity contribution in [2.45, 2.75) is 26.4 Å². The molecule has 0 aromatic carbocycles. The van der Waals surface area contributed by atoms with Gasteiger partial charge in [-0.05, 0) is 11.8 Å². The summed E-state index contributed by atoms with van der Waals surface area (Å²) in [6.07, 6.45) is -4.60. The van der Waals surface area contributed by atoms with Crippen LogP contribution in [0.5, 0.6) is 0 Å². The van der Waals surface area contributed by atoms with Crippen LogP contribution < -0.4 is 0 Å². The number of carboxylic acids is 1. The molecule has 1 aliphatic carbocycles. The summed E-state index contributed by atoms with van der Waals surface area (Å²) >= 11 is 5.46. The van der Waals surface area contributed by atoms with Crippen molar-refractivity contribution in [1.82, 2.24) is 0 Å². The fraction of sp³-hybridized carbons (Fsp3) is 0.667. The van der Waals surface area contributed by atoms with Gasteiger partial charge in [0.1, 0.15) is 5.41 Å². The van der Waals surface area contributed by atoms with Crippen LogP contribution in [-0.2, 0) is 4.79 Å². The highest BCUT2D eigenvalue weighted by molar-refractivity contribution is 6.32. The van der Waals surface area contributed by atoms with E-state index in [0.717, 1.165) is 0 Å². The van der Waals surface area contributed by atoms with Crippen LogP contribution in [0.15, 0.2) is 11.1 Å². The fourth-order valence-corrected chi connectivity index (χ4v) is 2.29. The van der Waals surface area contributed by atoms with Gasteiger partial charge in [-0.1, -0.05) is 25.4 Å². The molecule has 0 aromatic heterocycles. The molecule has 86 valence electrons. The van der Waals surface area contributed by atoms with Crippen molar-refractivity contribution in [2.75, 3.05) is 0 Å². The Labute approximate surface area is 89.7 Å². The minimum absolute atomic E-state index is 0.126. The van der Waals surface area contributed by atoms with Gasteiger partial charge in [-0.2, -0.15) is 13.2 Å². The van der Waals surface area contributed by atoms with Crippen molar-refractivity contribution in [3.63, 3.8) is 0 Å². The standard InChI is InChI=1S/C9H10ClF3O2/c1-7(2)4-8(7,6(14)15)5(10)3-9(11,12)13/h3H,4H2,1-2H3,(H,14,15). The van der Waals surface area contributed by atoms with E-state index < -0.39 is 28.0 Å². The molecular formula is C9H10ClF3O2. The highest BCUT2D eigenvalue weighted by Crippen LogP contribution is 2.68. The van der Waals surface area contributed by atoms with Crippen LogP contribution in [0.4, 0.5) is 13.2 Å². The lowest BCUT2D eigenvalue weighted by molar-refractivity contribution is -0.142. The molecule has 1 N–H and O–H groups in total. The molecular weight excluding hydrogens is 233 g/mol. The Morgan fingerprint density at radius 3 is 2.07 bits per heavy atom. The lowest BCUT2D eigenvalue weighted by Gasteiger charge is -2.15. The number of rotatable bonds is 2. The largest absolute Gasteiger partial charge is 0.481 e. The van der Waals surface area contributed by atoms with Crippen LogP contribution in [0.25, 0.3) is 0 Å². The molecule has 1 rings (SSSR count). The van der Waals surface area contributed by atoms with Crippen molar-refractivity contribution in [2.24, 2.45) is 10.8 Å². The maximum Gasteiger partial charge on any atom is 0.410 e. The number of carboxylic acid groups (broad SMARTS) is 1. The maximum absolute atomic E-state index is 12.0. The highest BCUT2D eigenvalue weighted by atomic mass is 35.5. The molecule has 1 unspecified atom stereocenters. The Hall–Kier alpha value is -0.710. The van der Waals surface area contributed by atoms with Crippen molar-refractivity contribution >= 4 is 17.6 Å². The van der Waals surface area contributed by atoms with E-state index in [9.17, 15) is 18.0 Å². The van der Waals surface area contributed by atoms with Gasteiger partial charge in [-0.15, -0.1) is 0 Å². The average molecular weight is 243 g/mol. The van der Waals surface area contributed by atoms with Gasteiger partial charge in [0.2, 0.25) is 0 Å². The van der Waals surface area contributed by atoms with E-state index in [0.29, 0.717) is 0 Å². The first-order chi connectivity index (χ1) is 6.53. The molecule has 1 fully saturated rings. The van der Waals surface area contributed by atoms with Crippen molar-refractivity contribution in [3.8, 4) is 0 Å². The number of halogens is 4. The molecule has 15 heavy (non-hydrogen) atoms. The summed E-state index contributed by atoms with van der Waals surface area (Å²) in [5.41, 5.74) is -2.29. The van der Waals surface area contributed by atoms with Crippen LogP contribution in [0.2, 0.25) is 0 Å². The predicted octanol–water partition coefficient (Wildman–Crippen LogP) is 3.17. The minimum atomic E-state index is -4.59. The second-order valence-corrected chi connectivity index (χ2v) is 4.71. The van der Waals surface area contributed by atoms with E-state index in [-0.39, 0.29) is 12.5 Å². The molecule has 2 nitrogen and oxygen atoms in total. The van der Waals surface area contributed by atoms with Gasteiger partial charge >= 0.3 is 12.1 Å². The number of carbonyl (C=O) groups is 1. The van der Waals surface area contributed by atoms with Crippen LogP contribution >= 0.6 is 11.6 Å². The molecule has 0 bridgehead atoms. The van der Waals surface area contributed by atoms with E-state index in [4.69, 9.17) is 16.7 Å². The van der Waals surface area contributed by atoms with Crippen LogP contribution in [0, 0.1) is 10.8 Å². The number of allylic oxidation sites excluding steroid dienone is 1. The molecule has 0 aromatic rings. The summed E-state index contributed by atoms with van der Waals surface area (Å²) in [4.78, 5) is 10.9. The van der Waals surface area contributed by atoms with Crippen LogP contribution in [0.3, 0.4) is 0 Å². The third-order valence-corrected chi connectivity index (χ3v) is 3.23. The van der Waals surface area contributed by atoms with Gasteiger partial charge in [0.05, 0.1) is 0 Å². The predicted molar refractivity (Wildman–Crippen MR) is 48.5 cm³/mol. The fourth-order valence-electron chi connectivity index (χ4n) is 1.76. The third kappa shape index (κ3) is 1.97. The van der Waals surface area contributed by atoms with Crippen molar-refractivity contribution in [3.05, 3.63) is 11.1 Å². The topological polar surface area (TPSA) is 37.3 Å². The molecule has 0 spiro atoms. The van der Waals surface area contributed by atoms with E-state index in [2.05, 4.69) is 0 Å². The van der Waals surface area contributed by atoms with Gasteiger partial charge in [0, 0.05) is 11.1 Å². The molecule has 1 atom stereocenters. The second-order valence-electron chi connectivity index (χ2n) is 4.31. The molecule has 1 aliphatic rings. The van der Waals surface area contributed by atoms with E-state index in [1.165, 1.54) is 0 Å². The summed E-state index contributed by atoms with van der Waals surface area (Å²) in [6.45, 7) is 3.15. The van der Waals surface area contributed by atoms with Gasteiger partial charge in [0.25, 0.3) is 0 Å². The molecule has 0 heterocycles. The van der Waals surface area contributed by atoms with E-state index >= 15 is 0 Å². The monoisotopic (exact) mass is 242 g/mol. The van der Waals surface area contributed by atoms with Crippen molar-refractivity contribution < 1.29 is 23.1 Å². The SMILES string of the molecule is CC1(C)CC1(C(=O)O)C(Cl)=CC(F)(F)F. The highest BCUT2D eigenvalue weighted by Gasteiger charge is 2.69. The van der Waals surface area contributed by atoms with Crippen molar-refractivity contribution in [1.29, 1.82) is 0 Å². The number of alkyl halides is 3. The summed E-state index contributed by atoms with van der Waals surface area (Å²) in [5, 5.41) is 8.27. The lowest BCUT2D eigenvalue weighted by Crippen LogP contribution is -2.22. The van der Waals surface area contributed by atoms with E-state index in [1.807, 2.05) is 0 Å². The lowest BCUT2D eigenvalue weighted by atomic mass is 9.95. The summed E-state index contributed by atoms with van der Waals surface area (Å²) in [6, 6.07) is 0. The van der Waals surface area contributed by atoms with Gasteiger partial charge in [-0.25, -0.2) is 0 Å². The zero-order valence-electron chi connectivity index (χ0n) is 8.15. The van der Waals surface area contributed by atoms with Gasteiger partial charge < -0.3 is 5.11 Å². The zero-order chi connectivity index (χ0) is 12.1. The minimum Gasteiger partial charge on any atom is -0.481 e. The quantitative estimate of drug-likeness (QED) is 0.808. The summed E-state index contributed by atoms with van der Waals surface area (Å²) in [7, 11) is 0. The maximum atomic E-state index is 12.0. The first-order valence-corrected chi connectivity index (χ1v) is 4.60. The Morgan fingerprint density at radius 2 is 1.87 bits per heavy atom.